The van der Waals surface area contributed by atoms with Crippen LogP contribution in [0.4, 0.5) is 0 Å². The fraction of sp³-hybridized carbons (Fsp3) is 0.368. The number of hydrogen-bond donors (Lipinski definition) is 1. The van der Waals surface area contributed by atoms with Gasteiger partial charge in [0.1, 0.15) is 0 Å². The number of aryl methyl sites for hydroxylation is 2. The fourth-order valence-corrected chi connectivity index (χ4v) is 2.67. The molecule has 0 saturated carbocycles. The van der Waals surface area contributed by atoms with E-state index in [0.717, 1.165) is 17.5 Å². The molecule has 7 nitrogen and oxygen atoms in total. The minimum atomic E-state index is 0.0223. The summed E-state index contributed by atoms with van der Waals surface area (Å²) in [6, 6.07) is 9.97. The van der Waals surface area contributed by atoms with E-state index in [2.05, 4.69) is 26.6 Å². The first-order chi connectivity index (χ1) is 12.7. The van der Waals surface area contributed by atoms with Gasteiger partial charge in [-0.3, -0.25) is 9.48 Å². The number of amides is 1. The molecule has 0 fully saturated rings. The van der Waals surface area contributed by atoms with E-state index in [1.165, 1.54) is 0 Å². The van der Waals surface area contributed by atoms with Crippen molar-refractivity contribution in [3.05, 3.63) is 65.6 Å². The zero-order chi connectivity index (χ0) is 18.2. The van der Waals surface area contributed by atoms with E-state index in [1.54, 1.807) is 6.20 Å². The average Bonchev–Trinajstić information content (AvgIpc) is 3.33. The molecule has 1 N–H and O–H groups in total. The van der Waals surface area contributed by atoms with Crippen molar-refractivity contribution in [1.29, 1.82) is 0 Å². The number of benzene rings is 1. The number of carbonyl (C=O) groups excluding carboxylic acids is 1. The van der Waals surface area contributed by atoms with Crippen LogP contribution in [0.1, 0.15) is 42.6 Å². The maximum Gasteiger partial charge on any atom is 0.226 e. The van der Waals surface area contributed by atoms with Crippen LogP contribution in [0.3, 0.4) is 0 Å². The minimum Gasteiger partial charge on any atom is -0.352 e. The highest BCUT2D eigenvalue weighted by atomic mass is 16.5. The Hall–Kier alpha value is -2.96. The van der Waals surface area contributed by atoms with Crippen molar-refractivity contribution < 1.29 is 9.32 Å². The first kappa shape index (κ1) is 17.8. The maximum absolute atomic E-state index is 12.1. The van der Waals surface area contributed by atoms with Gasteiger partial charge in [-0.25, -0.2) is 0 Å². The SMILES string of the molecule is CCc1noc(CCCC(=O)NCc2ccccc2Cn2cccn2)n1. The van der Waals surface area contributed by atoms with Gasteiger partial charge in [-0.15, -0.1) is 0 Å². The largest absolute Gasteiger partial charge is 0.352 e. The summed E-state index contributed by atoms with van der Waals surface area (Å²) < 4.78 is 7.00. The van der Waals surface area contributed by atoms with E-state index in [4.69, 9.17) is 4.52 Å². The van der Waals surface area contributed by atoms with Crippen molar-refractivity contribution in [3.8, 4) is 0 Å². The van der Waals surface area contributed by atoms with Crippen LogP contribution < -0.4 is 5.32 Å². The van der Waals surface area contributed by atoms with Gasteiger partial charge in [0.25, 0.3) is 0 Å². The summed E-state index contributed by atoms with van der Waals surface area (Å²) in [5, 5.41) is 11.1. The maximum atomic E-state index is 12.1. The third kappa shape index (κ3) is 5.02. The van der Waals surface area contributed by atoms with Gasteiger partial charge in [0.2, 0.25) is 11.8 Å². The molecule has 3 aromatic rings. The van der Waals surface area contributed by atoms with Crippen molar-refractivity contribution in [2.45, 2.75) is 45.7 Å². The van der Waals surface area contributed by atoms with E-state index < -0.39 is 0 Å². The smallest absolute Gasteiger partial charge is 0.226 e. The van der Waals surface area contributed by atoms with Crippen LogP contribution in [0.2, 0.25) is 0 Å². The average molecular weight is 353 g/mol. The molecule has 1 aromatic carbocycles. The summed E-state index contributed by atoms with van der Waals surface area (Å²) in [6.07, 6.45) is 6.18. The van der Waals surface area contributed by atoms with Crippen LogP contribution >= 0.6 is 0 Å². The van der Waals surface area contributed by atoms with Gasteiger partial charge in [-0.05, 0) is 23.6 Å². The number of rotatable bonds is 9. The van der Waals surface area contributed by atoms with Crippen molar-refractivity contribution in [1.82, 2.24) is 25.2 Å². The minimum absolute atomic E-state index is 0.0223. The van der Waals surface area contributed by atoms with E-state index >= 15 is 0 Å². The zero-order valence-electron chi connectivity index (χ0n) is 14.9. The summed E-state index contributed by atoms with van der Waals surface area (Å²) in [7, 11) is 0. The summed E-state index contributed by atoms with van der Waals surface area (Å²) >= 11 is 0. The molecule has 0 aliphatic rings. The molecule has 136 valence electrons. The molecule has 0 radical (unpaired) electrons. The normalized spacial score (nSPS) is 10.8. The van der Waals surface area contributed by atoms with Crippen LogP contribution in [0.25, 0.3) is 0 Å². The molecule has 1 amide bonds. The lowest BCUT2D eigenvalue weighted by Gasteiger charge is -2.11. The summed E-state index contributed by atoms with van der Waals surface area (Å²) in [5.74, 6) is 1.33. The second-order valence-corrected chi connectivity index (χ2v) is 6.06. The Morgan fingerprint density at radius 3 is 2.81 bits per heavy atom. The molecule has 0 bridgehead atoms. The lowest BCUT2D eigenvalue weighted by atomic mass is 10.1. The van der Waals surface area contributed by atoms with Crippen molar-refractivity contribution in [2.24, 2.45) is 0 Å². The standard InChI is InChI=1S/C19H23N5O2/c1-2-17-22-19(26-23-17)10-5-9-18(25)20-13-15-7-3-4-8-16(15)14-24-12-6-11-21-24/h3-4,6-8,11-12H,2,5,9-10,13-14H2,1H3,(H,20,25). The number of hydrogen-bond acceptors (Lipinski definition) is 5. The van der Waals surface area contributed by atoms with E-state index in [0.29, 0.717) is 44.1 Å². The Morgan fingerprint density at radius 2 is 2.08 bits per heavy atom. The second kappa shape index (κ2) is 8.94. The molecule has 26 heavy (non-hydrogen) atoms. The lowest BCUT2D eigenvalue weighted by molar-refractivity contribution is -0.121. The quantitative estimate of drug-likeness (QED) is 0.639. The van der Waals surface area contributed by atoms with Crippen LogP contribution in [-0.2, 0) is 30.7 Å². The molecule has 0 spiro atoms. The van der Waals surface area contributed by atoms with Crippen LogP contribution in [-0.4, -0.2) is 25.8 Å². The first-order valence-corrected chi connectivity index (χ1v) is 8.87. The molecule has 7 heteroatoms. The molecule has 0 aliphatic carbocycles. The third-order valence-corrected chi connectivity index (χ3v) is 4.11. The van der Waals surface area contributed by atoms with E-state index in [-0.39, 0.29) is 5.91 Å². The van der Waals surface area contributed by atoms with Crippen molar-refractivity contribution >= 4 is 5.91 Å². The Morgan fingerprint density at radius 1 is 1.23 bits per heavy atom. The van der Waals surface area contributed by atoms with Gasteiger partial charge in [-0.2, -0.15) is 10.1 Å². The van der Waals surface area contributed by atoms with E-state index in [9.17, 15) is 4.79 Å². The lowest BCUT2D eigenvalue weighted by Crippen LogP contribution is -2.23. The molecule has 0 atom stereocenters. The van der Waals surface area contributed by atoms with Gasteiger partial charge in [-0.1, -0.05) is 36.3 Å². The predicted octanol–water partition coefficient (Wildman–Crippen LogP) is 2.52. The number of aromatic nitrogens is 4. The highest BCUT2D eigenvalue weighted by molar-refractivity contribution is 5.75. The van der Waals surface area contributed by atoms with Crippen LogP contribution in [0, 0.1) is 0 Å². The highest BCUT2D eigenvalue weighted by Crippen LogP contribution is 2.10. The Balaban J connectivity index is 1.45. The number of nitrogens with one attached hydrogen (secondary N) is 1. The predicted molar refractivity (Wildman–Crippen MR) is 96.2 cm³/mol. The van der Waals surface area contributed by atoms with Crippen LogP contribution in [0.15, 0.2) is 47.2 Å². The summed E-state index contributed by atoms with van der Waals surface area (Å²) in [5.41, 5.74) is 2.25. The number of nitrogens with zero attached hydrogens (tertiary/aromatic N) is 4. The molecule has 2 aromatic heterocycles. The Labute approximate surface area is 152 Å². The fourth-order valence-electron chi connectivity index (χ4n) is 2.67. The van der Waals surface area contributed by atoms with Gasteiger partial charge in [0.15, 0.2) is 5.82 Å². The summed E-state index contributed by atoms with van der Waals surface area (Å²) in [4.78, 5) is 16.3. The topological polar surface area (TPSA) is 85.8 Å². The number of carbonyl (C=O) groups is 1. The third-order valence-electron chi connectivity index (χ3n) is 4.11. The molecule has 0 aliphatic heterocycles. The van der Waals surface area contributed by atoms with E-state index in [1.807, 2.05) is 42.1 Å². The molecule has 3 rings (SSSR count). The highest BCUT2D eigenvalue weighted by Gasteiger charge is 2.08. The molecule has 2 heterocycles. The Kier molecular flexibility index (Phi) is 6.14. The zero-order valence-corrected chi connectivity index (χ0v) is 14.9. The van der Waals surface area contributed by atoms with Crippen molar-refractivity contribution in [2.75, 3.05) is 0 Å². The second-order valence-electron chi connectivity index (χ2n) is 6.06. The molecular weight excluding hydrogens is 330 g/mol. The monoisotopic (exact) mass is 353 g/mol. The van der Waals surface area contributed by atoms with Gasteiger partial charge < -0.3 is 9.84 Å². The molecular formula is C19H23N5O2. The molecule has 0 saturated heterocycles. The van der Waals surface area contributed by atoms with Gasteiger partial charge in [0.05, 0.1) is 6.54 Å². The summed E-state index contributed by atoms with van der Waals surface area (Å²) in [6.45, 7) is 3.18. The van der Waals surface area contributed by atoms with Crippen molar-refractivity contribution in [3.63, 3.8) is 0 Å². The first-order valence-electron chi connectivity index (χ1n) is 8.87. The van der Waals surface area contributed by atoms with Gasteiger partial charge >= 0.3 is 0 Å². The van der Waals surface area contributed by atoms with Gasteiger partial charge in [0, 0.05) is 38.2 Å². The Bertz CT molecular complexity index is 826. The van der Waals surface area contributed by atoms with Crippen LogP contribution in [0.5, 0.6) is 0 Å². The molecule has 0 unspecified atom stereocenters.